The summed E-state index contributed by atoms with van der Waals surface area (Å²) in [4.78, 5) is 26.4. The van der Waals surface area contributed by atoms with Gasteiger partial charge in [-0.1, -0.05) is 6.07 Å². The van der Waals surface area contributed by atoms with Crippen LogP contribution < -0.4 is 19.5 Å². The largest absolute Gasteiger partial charge is 0.490 e. The Bertz CT molecular complexity index is 861. The van der Waals surface area contributed by atoms with E-state index in [0.29, 0.717) is 48.3 Å². The van der Waals surface area contributed by atoms with Crippen molar-refractivity contribution in [2.45, 2.75) is 20.8 Å². The van der Waals surface area contributed by atoms with Crippen molar-refractivity contribution < 1.29 is 28.2 Å². The summed E-state index contributed by atoms with van der Waals surface area (Å²) in [6, 6.07) is 8.68. The molecule has 0 unspecified atom stereocenters. The number of benzene rings is 2. The van der Waals surface area contributed by atoms with Gasteiger partial charge in [0.15, 0.2) is 11.5 Å². The Labute approximate surface area is 175 Å². The van der Waals surface area contributed by atoms with E-state index in [0.717, 1.165) is 0 Å². The zero-order valence-corrected chi connectivity index (χ0v) is 17.7. The van der Waals surface area contributed by atoms with Crippen LogP contribution >= 0.6 is 0 Å². The average Bonchev–Trinajstić information content (AvgIpc) is 2.69. The number of anilines is 1. The Morgan fingerprint density at radius 3 is 2.10 bits per heavy atom. The van der Waals surface area contributed by atoms with Crippen LogP contribution in [0.4, 0.5) is 10.1 Å². The second-order valence-electron chi connectivity index (χ2n) is 6.32. The quantitative estimate of drug-likeness (QED) is 0.636. The third-order valence-electron chi connectivity index (χ3n) is 3.99. The van der Waals surface area contributed by atoms with E-state index in [-0.39, 0.29) is 6.54 Å². The molecule has 0 saturated carbocycles. The molecule has 2 amide bonds. The number of likely N-dealkylation sites (N-methyl/N-ethyl adjacent to an activating group) is 1. The molecular formula is C22H27FN2O5. The maximum absolute atomic E-state index is 13.3. The van der Waals surface area contributed by atoms with Crippen LogP contribution in [0.15, 0.2) is 36.4 Å². The molecule has 0 heterocycles. The predicted molar refractivity (Wildman–Crippen MR) is 112 cm³/mol. The summed E-state index contributed by atoms with van der Waals surface area (Å²) in [6.45, 7) is 6.46. The summed E-state index contributed by atoms with van der Waals surface area (Å²) in [5.74, 6) is -0.0768. The minimum atomic E-state index is -0.460. The number of hydrogen-bond donors (Lipinski definition) is 1. The van der Waals surface area contributed by atoms with Gasteiger partial charge in [-0.05, 0) is 51.1 Å². The molecule has 0 bridgehead atoms. The maximum Gasteiger partial charge on any atom is 0.254 e. The summed E-state index contributed by atoms with van der Waals surface area (Å²) >= 11 is 0. The number of nitrogens with zero attached hydrogens (tertiary/aromatic N) is 1. The van der Waals surface area contributed by atoms with Crippen LogP contribution in [0.1, 0.15) is 31.1 Å². The Morgan fingerprint density at radius 1 is 0.967 bits per heavy atom. The number of carbonyl (C=O) groups excluding carboxylic acids is 2. The van der Waals surface area contributed by atoms with Crippen molar-refractivity contribution >= 4 is 17.5 Å². The molecule has 0 fully saturated rings. The van der Waals surface area contributed by atoms with Crippen molar-refractivity contribution in [2.75, 3.05) is 38.7 Å². The first-order chi connectivity index (χ1) is 14.4. The van der Waals surface area contributed by atoms with Crippen LogP contribution in [0.2, 0.25) is 0 Å². The predicted octanol–water partition coefficient (Wildman–Crippen LogP) is 3.73. The Morgan fingerprint density at radius 2 is 1.57 bits per heavy atom. The van der Waals surface area contributed by atoms with E-state index in [1.807, 2.05) is 20.8 Å². The summed E-state index contributed by atoms with van der Waals surface area (Å²) < 4.78 is 30.2. The molecule has 0 aliphatic heterocycles. The zero-order valence-electron chi connectivity index (χ0n) is 17.7. The molecule has 2 rings (SSSR count). The van der Waals surface area contributed by atoms with Crippen LogP contribution in [-0.4, -0.2) is 50.1 Å². The van der Waals surface area contributed by atoms with E-state index in [9.17, 15) is 14.0 Å². The minimum Gasteiger partial charge on any atom is -0.490 e. The van der Waals surface area contributed by atoms with E-state index < -0.39 is 17.6 Å². The molecule has 0 aliphatic carbocycles. The summed E-state index contributed by atoms with van der Waals surface area (Å²) in [5, 5.41) is 2.57. The van der Waals surface area contributed by atoms with Crippen molar-refractivity contribution in [2.24, 2.45) is 0 Å². The van der Waals surface area contributed by atoms with Gasteiger partial charge in [-0.2, -0.15) is 0 Å². The molecule has 0 aliphatic rings. The van der Waals surface area contributed by atoms with E-state index in [2.05, 4.69) is 5.32 Å². The summed E-state index contributed by atoms with van der Waals surface area (Å²) in [7, 11) is 1.50. The van der Waals surface area contributed by atoms with E-state index in [1.54, 1.807) is 18.2 Å². The topological polar surface area (TPSA) is 77.1 Å². The monoisotopic (exact) mass is 418 g/mol. The molecule has 7 nitrogen and oxygen atoms in total. The lowest BCUT2D eigenvalue weighted by atomic mass is 10.1. The lowest BCUT2D eigenvalue weighted by Gasteiger charge is -2.20. The SMILES string of the molecule is CCOc1cc(C(=O)N(C)CC(=O)Nc2cccc(F)c2)cc(OCC)c1OCC. The molecular weight excluding hydrogens is 391 g/mol. The third kappa shape index (κ3) is 6.10. The summed E-state index contributed by atoms with van der Waals surface area (Å²) in [5.41, 5.74) is 0.616. The third-order valence-corrected chi connectivity index (χ3v) is 3.99. The van der Waals surface area contributed by atoms with Gasteiger partial charge in [0.2, 0.25) is 11.7 Å². The first kappa shape index (κ1) is 23.0. The molecule has 0 radical (unpaired) electrons. The number of hydrogen-bond acceptors (Lipinski definition) is 5. The van der Waals surface area contributed by atoms with Gasteiger partial charge in [-0.25, -0.2) is 4.39 Å². The molecule has 0 atom stereocenters. The Hall–Kier alpha value is -3.29. The lowest BCUT2D eigenvalue weighted by Crippen LogP contribution is -2.35. The van der Waals surface area contributed by atoms with E-state index in [1.165, 1.54) is 30.1 Å². The minimum absolute atomic E-state index is 0.212. The van der Waals surface area contributed by atoms with Crippen molar-refractivity contribution in [3.8, 4) is 17.2 Å². The highest BCUT2D eigenvalue weighted by atomic mass is 19.1. The Kier molecular flexibility index (Phi) is 8.46. The molecule has 30 heavy (non-hydrogen) atoms. The first-order valence-corrected chi connectivity index (χ1v) is 9.76. The highest BCUT2D eigenvalue weighted by molar-refractivity contribution is 6.00. The van der Waals surface area contributed by atoms with Gasteiger partial charge < -0.3 is 24.4 Å². The van der Waals surface area contributed by atoms with E-state index in [4.69, 9.17) is 14.2 Å². The van der Waals surface area contributed by atoms with Gasteiger partial charge in [0, 0.05) is 18.3 Å². The number of carbonyl (C=O) groups is 2. The second kappa shape index (κ2) is 11.0. The number of amides is 2. The van der Waals surface area contributed by atoms with Crippen LogP contribution in [0.25, 0.3) is 0 Å². The molecule has 2 aromatic carbocycles. The molecule has 0 saturated heterocycles. The fraction of sp³-hybridized carbons (Fsp3) is 0.364. The smallest absolute Gasteiger partial charge is 0.254 e. The molecule has 162 valence electrons. The average molecular weight is 418 g/mol. The molecule has 8 heteroatoms. The number of halogens is 1. The highest BCUT2D eigenvalue weighted by Gasteiger charge is 2.21. The molecule has 0 spiro atoms. The van der Waals surface area contributed by atoms with Gasteiger partial charge in [0.1, 0.15) is 5.82 Å². The van der Waals surface area contributed by atoms with Gasteiger partial charge >= 0.3 is 0 Å². The van der Waals surface area contributed by atoms with Crippen LogP contribution in [-0.2, 0) is 4.79 Å². The first-order valence-electron chi connectivity index (χ1n) is 9.76. The van der Waals surface area contributed by atoms with Crippen molar-refractivity contribution in [1.29, 1.82) is 0 Å². The zero-order chi connectivity index (χ0) is 22.1. The van der Waals surface area contributed by atoms with Gasteiger partial charge in [-0.3, -0.25) is 9.59 Å². The summed E-state index contributed by atoms with van der Waals surface area (Å²) in [6.07, 6.45) is 0. The van der Waals surface area contributed by atoms with Gasteiger partial charge in [0.25, 0.3) is 5.91 Å². The van der Waals surface area contributed by atoms with Crippen LogP contribution in [0.3, 0.4) is 0 Å². The molecule has 0 aromatic heterocycles. The molecule has 2 aromatic rings. The number of nitrogens with one attached hydrogen (secondary N) is 1. The van der Waals surface area contributed by atoms with Crippen molar-refractivity contribution in [3.05, 3.63) is 47.8 Å². The highest BCUT2D eigenvalue weighted by Crippen LogP contribution is 2.39. The van der Waals surface area contributed by atoms with Gasteiger partial charge in [-0.15, -0.1) is 0 Å². The van der Waals surface area contributed by atoms with Crippen molar-refractivity contribution in [3.63, 3.8) is 0 Å². The maximum atomic E-state index is 13.3. The number of rotatable bonds is 10. The fourth-order valence-corrected chi connectivity index (χ4v) is 2.79. The Balaban J connectivity index is 2.19. The van der Waals surface area contributed by atoms with Crippen molar-refractivity contribution in [1.82, 2.24) is 4.90 Å². The van der Waals surface area contributed by atoms with E-state index >= 15 is 0 Å². The molecule has 1 N–H and O–H groups in total. The van der Waals surface area contributed by atoms with Crippen LogP contribution in [0, 0.1) is 5.82 Å². The fourth-order valence-electron chi connectivity index (χ4n) is 2.79. The van der Waals surface area contributed by atoms with Gasteiger partial charge in [0.05, 0.1) is 26.4 Å². The second-order valence-corrected chi connectivity index (χ2v) is 6.32. The van der Waals surface area contributed by atoms with Crippen LogP contribution in [0.5, 0.6) is 17.2 Å². The normalized spacial score (nSPS) is 10.3. The standard InChI is InChI=1S/C22H27FN2O5/c1-5-28-18-11-15(12-19(29-6-2)21(18)30-7-3)22(27)25(4)14-20(26)24-17-10-8-9-16(23)13-17/h8-13H,5-7,14H2,1-4H3,(H,24,26). The number of ether oxygens (including phenoxy) is 3. The lowest BCUT2D eigenvalue weighted by molar-refractivity contribution is -0.116.